The summed E-state index contributed by atoms with van der Waals surface area (Å²) in [5.41, 5.74) is 2.64. The molecule has 112 valence electrons. The van der Waals surface area contributed by atoms with Crippen LogP contribution in [0.5, 0.6) is 0 Å². The lowest BCUT2D eigenvalue weighted by molar-refractivity contribution is 0.493. The first-order valence-corrected chi connectivity index (χ1v) is 7.72. The van der Waals surface area contributed by atoms with Gasteiger partial charge in [-0.05, 0) is 30.2 Å². The SMILES string of the molecule is CC[C@@H](c1ccncc1)n1cc(-c2cccc(Cl)c2Cl)nn1. The molecule has 3 aromatic rings. The van der Waals surface area contributed by atoms with Crippen LogP contribution in [0.3, 0.4) is 0 Å². The van der Waals surface area contributed by atoms with E-state index < -0.39 is 0 Å². The molecule has 0 amide bonds. The Balaban J connectivity index is 1.98. The topological polar surface area (TPSA) is 43.6 Å². The summed E-state index contributed by atoms with van der Waals surface area (Å²) in [5.74, 6) is 0. The Morgan fingerprint density at radius 3 is 2.64 bits per heavy atom. The van der Waals surface area contributed by atoms with Crippen molar-refractivity contribution in [1.29, 1.82) is 0 Å². The van der Waals surface area contributed by atoms with Crippen LogP contribution >= 0.6 is 23.2 Å². The zero-order valence-corrected chi connectivity index (χ0v) is 13.5. The van der Waals surface area contributed by atoms with E-state index in [-0.39, 0.29) is 6.04 Å². The molecule has 2 aromatic heterocycles. The van der Waals surface area contributed by atoms with E-state index in [1.54, 1.807) is 18.5 Å². The van der Waals surface area contributed by atoms with Gasteiger partial charge >= 0.3 is 0 Å². The summed E-state index contributed by atoms with van der Waals surface area (Å²) in [6.45, 7) is 2.11. The molecule has 0 aliphatic carbocycles. The van der Waals surface area contributed by atoms with Crippen LogP contribution in [0.15, 0.2) is 48.9 Å². The molecule has 1 aromatic carbocycles. The second-order valence-corrected chi connectivity index (χ2v) is 5.67. The van der Waals surface area contributed by atoms with Crippen LogP contribution in [-0.2, 0) is 0 Å². The normalized spacial score (nSPS) is 12.3. The number of benzene rings is 1. The second kappa shape index (κ2) is 6.46. The van der Waals surface area contributed by atoms with Gasteiger partial charge in [-0.15, -0.1) is 5.10 Å². The molecule has 0 aliphatic rings. The molecular formula is C16H14Cl2N4. The van der Waals surface area contributed by atoms with Gasteiger partial charge in [-0.2, -0.15) is 0 Å². The number of aromatic nitrogens is 4. The maximum absolute atomic E-state index is 6.25. The van der Waals surface area contributed by atoms with E-state index in [4.69, 9.17) is 23.2 Å². The third-order valence-corrected chi connectivity index (χ3v) is 4.35. The molecule has 6 heteroatoms. The Morgan fingerprint density at radius 2 is 1.91 bits per heavy atom. The fraction of sp³-hybridized carbons (Fsp3) is 0.188. The predicted molar refractivity (Wildman–Crippen MR) is 88.1 cm³/mol. The molecule has 0 saturated heterocycles. The summed E-state index contributed by atoms with van der Waals surface area (Å²) in [5, 5.41) is 9.50. The largest absolute Gasteiger partial charge is 0.265 e. The highest BCUT2D eigenvalue weighted by molar-refractivity contribution is 6.43. The summed E-state index contributed by atoms with van der Waals surface area (Å²) < 4.78 is 1.85. The van der Waals surface area contributed by atoms with E-state index in [0.717, 1.165) is 17.5 Å². The van der Waals surface area contributed by atoms with Crippen LogP contribution in [0.25, 0.3) is 11.3 Å². The van der Waals surface area contributed by atoms with E-state index in [9.17, 15) is 0 Å². The van der Waals surface area contributed by atoms with Gasteiger partial charge in [-0.3, -0.25) is 4.98 Å². The van der Waals surface area contributed by atoms with Crippen molar-refractivity contribution in [2.75, 3.05) is 0 Å². The molecule has 0 bridgehead atoms. The molecule has 22 heavy (non-hydrogen) atoms. The Bertz CT molecular complexity index is 771. The number of pyridine rings is 1. The van der Waals surface area contributed by atoms with Gasteiger partial charge in [0.05, 0.1) is 22.3 Å². The van der Waals surface area contributed by atoms with Crippen LogP contribution in [-0.4, -0.2) is 20.0 Å². The van der Waals surface area contributed by atoms with Crippen molar-refractivity contribution in [3.05, 3.63) is 64.5 Å². The lowest BCUT2D eigenvalue weighted by Gasteiger charge is -2.14. The highest BCUT2D eigenvalue weighted by Gasteiger charge is 2.16. The molecule has 0 unspecified atom stereocenters. The van der Waals surface area contributed by atoms with Gasteiger partial charge in [0.25, 0.3) is 0 Å². The zero-order valence-electron chi connectivity index (χ0n) is 11.9. The summed E-state index contributed by atoms with van der Waals surface area (Å²) in [7, 11) is 0. The summed E-state index contributed by atoms with van der Waals surface area (Å²) >= 11 is 12.3. The Hall–Kier alpha value is -1.91. The maximum atomic E-state index is 6.25. The van der Waals surface area contributed by atoms with E-state index >= 15 is 0 Å². The predicted octanol–water partition coefficient (Wildman–Crippen LogP) is 4.65. The number of halogens is 2. The number of rotatable bonds is 4. The van der Waals surface area contributed by atoms with E-state index in [1.807, 2.05) is 35.1 Å². The highest BCUT2D eigenvalue weighted by Crippen LogP contribution is 2.33. The van der Waals surface area contributed by atoms with Gasteiger partial charge in [-0.1, -0.05) is 47.5 Å². The smallest absolute Gasteiger partial charge is 0.114 e. The number of nitrogens with zero attached hydrogens (tertiary/aromatic N) is 4. The van der Waals surface area contributed by atoms with Gasteiger partial charge in [0.15, 0.2) is 0 Å². The van der Waals surface area contributed by atoms with Gasteiger partial charge in [-0.25, -0.2) is 4.68 Å². The van der Waals surface area contributed by atoms with Crippen LogP contribution in [0.1, 0.15) is 24.9 Å². The fourth-order valence-electron chi connectivity index (χ4n) is 2.42. The molecule has 0 radical (unpaired) electrons. The Labute approximate surface area is 138 Å². The first-order chi connectivity index (χ1) is 10.7. The van der Waals surface area contributed by atoms with Crippen molar-refractivity contribution in [2.45, 2.75) is 19.4 Å². The molecule has 0 N–H and O–H groups in total. The highest BCUT2D eigenvalue weighted by atomic mass is 35.5. The van der Waals surface area contributed by atoms with Crippen LogP contribution < -0.4 is 0 Å². The maximum Gasteiger partial charge on any atom is 0.114 e. The summed E-state index contributed by atoms with van der Waals surface area (Å²) in [6.07, 6.45) is 6.36. The monoisotopic (exact) mass is 332 g/mol. The standard InChI is InChI=1S/C16H14Cl2N4/c1-2-15(11-6-8-19-9-7-11)22-10-14(20-21-22)12-4-3-5-13(17)16(12)18/h3-10,15H,2H2,1H3/t15-/m0/s1. The van der Waals surface area contributed by atoms with Crippen molar-refractivity contribution in [3.8, 4) is 11.3 Å². The van der Waals surface area contributed by atoms with E-state index in [1.165, 1.54) is 0 Å². The Kier molecular flexibility index (Phi) is 4.41. The van der Waals surface area contributed by atoms with Crippen LogP contribution in [0.4, 0.5) is 0 Å². The minimum atomic E-state index is 0.113. The molecular weight excluding hydrogens is 319 g/mol. The van der Waals surface area contributed by atoms with Crippen molar-refractivity contribution >= 4 is 23.2 Å². The molecule has 1 atom stereocenters. The first kappa shape index (κ1) is 15.0. The fourth-order valence-corrected chi connectivity index (χ4v) is 2.81. The van der Waals surface area contributed by atoms with Gasteiger partial charge in [0.2, 0.25) is 0 Å². The molecule has 2 heterocycles. The molecule has 4 nitrogen and oxygen atoms in total. The quantitative estimate of drug-likeness (QED) is 0.698. The van der Waals surface area contributed by atoms with E-state index in [0.29, 0.717) is 15.7 Å². The van der Waals surface area contributed by atoms with Crippen LogP contribution in [0.2, 0.25) is 10.0 Å². The molecule has 0 aliphatic heterocycles. The summed E-state index contributed by atoms with van der Waals surface area (Å²) in [4.78, 5) is 4.05. The van der Waals surface area contributed by atoms with Crippen LogP contribution in [0, 0.1) is 0 Å². The summed E-state index contributed by atoms with van der Waals surface area (Å²) in [6, 6.07) is 9.58. The van der Waals surface area contributed by atoms with Gasteiger partial charge < -0.3 is 0 Å². The third-order valence-electron chi connectivity index (χ3n) is 3.53. The zero-order chi connectivity index (χ0) is 15.5. The van der Waals surface area contributed by atoms with Crippen molar-refractivity contribution in [2.24, 2.45) is 0 Å². The molecule has 0 fully saturated rings. The average molecular weight is 333 g/mol. The number of hydrogen-bond acceptors (Lipinski definition) is 3. The Morgan fingerprint density at radius 1 is 1.14 bits per heavy atom. The molecule has 0 saturated carbocycles. The average Bonchev–Trinajstić information content (AvgIpc) is 3.01. The van der Waals surface area contributed by atoms with Gasteiger partial charge in [0.1, 0.15) is 5.69 Å². The molecule has 0 spiro atoms. The third kappa shape index (κ3) is 2.85. The minimum absolute atomic E-state index is 0.113. The first-order valence-electron chi connectivity index (χ1n) is 6.97. The lowest BCUT2D eigenvalue weighted by Crippen LogP contribution is -2.10. The van der Waals surface area contributed by atoms with E-state index in [2.05, 4.69) is 22.2 Å². The molecule has 3 rings (SSSR count). The van der Waals surface area contributed by atoms with Crippen molar-refractivity contribution < 1.29 is 0 Å². The number of hydrogen-bond donors (Lipinski definition) is 0. The van der Waals surface area contributed by atoms with Gasteiger partial charge in [0, 0.05) is 18.0 Å². The second-order valence-electron chi connectivity index (χ2n) is 4.89. The minimum Gasteiger partial charge on any atom is -0.265 e. The lowest BCUT2D eigenvalue weighted by atomic mass is 10.1. The van der Waals surface area contributed by atoms with Crippen molar-refractivity contribution in [3.63, 3.8) is 0 Å². The van der Waals surface area contributed by atoms with Crippen molar-refractivity contribution in [1.82, 2.24) is 20.0 Å².